The van der Waals surface area contributed by atoms with Crippen LogP contribution >= 0.6 is 45.9 Å². The number of sulfonamides is 2. The lowest BCUT2D eigenvalue weighted by molar-refractivity contribution is -0.0436. The fraction of sp³-hybridized carbons (Fsp3) is 0.267. The number of nitrogens with zero attached hydrogens (tertiary/aromatic N) is 4. The molecular weight excluding hydrogens is 1050 g/mol. The van der Waals surface area contributed by atoms with Gasteiger partial charge in [0.25, 0.3) is 41.7 Å². The molecule has 0 radical (unpaired) electrons. The van der Waals surface area contributed by atoms with Gasteiger partial charge < -0.3 is 20.9 Å². The quantitative estimate of drug-likeness (QED) is 0.0953. The number of thiophene rings is 2. The van der Waals surface area contributed by atoms with E-state index >= 15 is 0 Å². The fourth-order valence-electron chi connectivity index (χ4n) is 7.24. The van der Waals surface area contributed by atoms with Crippen LogP contribution in [0.15, 0.2) is 135 Å². The summed E-state index contributed by atoms with van der Waals surface area (Å²) in [6, 6.07) is 29.3. The molecule has 0 aliphatic carbocycles. The van der Waals surface area contributed by atoms with E-state index in [4.69, 9.17) is 23.2 Å². The number of piperazine rings is 1. The monoisotopic (exact) mass is 1100 g/mol. The Morgan fingerprint density at radius 3 is 1.60 bits per heavy atom. The Hall–Kier alpha value is -5.11. The summed E-state index contributed by atoms with van der Waals surface area (Å²) in [6.07, 6.45) is 2.47. The molecule has 3 N–H and O–H groups in total. The van der Waals surface area contributed by atoms with Crippen LogP contribution in [0, 0.1) is 0 Å². The van der Waals surface area contributed by atoms with E-state index in [0.717, 1.165) is 34.2 Å². The minimum absolute atomic E-state index is 0.134. The SMILES string of the molecule is O=C(NCc1ccc(S(=O)(=O)N2CCC(Nc3cccc(S(=O)(=O)C(F)(F)F)c3)CC2)s1)c1ccc(Cl)cc1.O=C(NCc1ccc(S(=O)(=O)N2CCN(c3ccccn3)CC2)s1)c1ccc(Cl)cc1. The van der Waals surface area contributed by atoms with E-state index < -0.39 is 40.3 Å². The Labute approximate surface area is 421 Å². The first kappa shape index (κ1) is 52.7. The molecule has 25 heteroatoms. The van der Waals surface area contributed by atoms with Crippen LogP contribution in [0.2, 0.25) is 10.0 Å². The molecule has 15 nitrogen and oxygen atoms in total. The van der Waals surface area contributed by atoms with Gasteiger partial charge in [0, 0.05) is 88.1 Å². The van der Waals surface area contributed by atoms with E-state index in [2.05, 4.69) is 25.8 Å². The molecule has 0 spiro atoms. The van der Waals surface area contributed by atoms with Crippen LogP contribution in [0.1, 0.15) is 43.3 Å². The number of anilines is 2. The van der Waals surface area contributed by atoms with E-state index in [1.165, 1.54) is 38.1 Å². The first-order valence-corrected chi connectivity index (χ1v) is 28.0. The van der Waals surface area contributed by atoms with Crippen LogP contribution in [0.3, 0.4) is 0 Å². The third-order valence-electron chi connectivity index (χ3n) is 11.0. The van der Waals surface area contributed by atoms with E-state index in [9.17, 15) is 48.0 Å². The number of sulfone groups is 1. The topological polar surface area (TPSA) is 195 Å². The van der Waals surface area contributed by atoms with Gasteiger partial charge >= 0.3 is 5.51 Å². The molecule has 0 atom stereocenters. The second-order valence-corrected chi connectivity index (χ2v) is 25.2. The number of piperidine rings is 1. The van der Waals surface area contributed by atoms with Gasteiger partial charge in [-0.1, -0.05) is 35.3 Å². The third kappa shape index (κ3) is 13.0. The van der Waals surface area contributed by atoms with E-state index in [0.29, 0.717) is 65.1 Å². The van der Waals surface area contributed by atoms with Crippen molar-refractivity contribution in [3.63, 3.8) is 0 Å². The molecule has 0 bridgehead atoms. The van der Waals surface area contributed by atoms with Gasteiger partial charge in [0.1, 0.15) is 14.2 Å². The van der Waals surface area contributed by atoms with Gasteiger partial charge in [-0.2, -0.15) is 21.8 Å². The average molecular weight is 1100 g/mol. The van der Waals surface area contributed by atoms with Crippen LogP contribution < -0.4 is 20.9 Å². The zero-order chi connectivity index (χ0) is 50.3. The van der Waals surface area contributed by atoms with Crippen molar-refractivity contribution in [2.45, 2.75) is 50.8 Å². The first-order valence-electron chi connectivity index (χ1n) is 21.3. The molecular formula is C45H44Cl2F3N7O8S5. The molecule has 2 saturated heterocycles. The van der Waals surface area contributed by atoms with Crippen molar-refractivity contribution in [1.82, 2.24) is 24.2 Å². The average Bonchev–Trinajstić information content (AvgIpc) is 4.05. The molecule has 0 unspecified atom stereocenters. The highest BCUT2D eigenvalue weighted by Crippen LogP contribution is 2.33. The maximum atomic E-state index is 13.1. The Morgan fingerprint density at radius 2 is 1.13 bits per heavy atom. The van der Waals surface area contributed by atoms with Gasteiger partial charge in [0.15, 0.2) is 0 Å². The number of benzene rings is 3. The third-order valence-corrected chi connectivity index (χ3v) is 19.9. The number of carbonyl (C=O) groups is 2. The summed E-state index contributed by atoms with van der Waals surface area (Å²) in [4.78, 5) is 31.5. The highest BCUT2D eigenvalue weighted by Gasteiger charge is 2.47. The molecule has 0 saturated carbocycles. The Kier molecular flexibility index (Phi) is 17.0. The predicted molar refractivity (Wildman–Crippen MR) is 264 cm³/mol. The van der Waals surface area contributed by atoms with Crippen molar-refractivity contribution in [3.8, 4) is 0 Å². The Balaban J connectivity index is 0.000000212. The van der Waals surface area contributed by atoms with Crippen molar-refractivity contribution in [2.24, 2.45) is 0 Å². The number of rotatable bonds is 14. The molecule has 2 fully saturated rings. The lowest BCUT2D eigenvalue weighted by Gasteiger charge is -2.34. The molecule has 70 heavy (non-hydrogen) atoms. The normalized spacial score (nSPS) is 15.4. The number of nitrogens with one attached hydrogen (secondary N) is 3. The molecule has 6 aromatic rings. The minimum Gasteiger partial charge on any atom is -0.382 e. The zero-order valence-corrected chi connectivity index (χ0v) is 42.3. The van der Waals surface area contributed by atoms with Gasteiger partial charge in [-0.3, -0.25) is 9.59 Å². The van der Waals surface area contributed by atoms with Crippen LogP contribution in [-0.4, -0.2) is 101 Å². The summed E-state index contributed by atoms with van der Waals surface area (Å²) in [5.41, 5.74) is -4.28. The maximum absolute atomic E-state index is 13.1. The largest absolute Gasteiger partial charge is 0.501 e. The van der Waals surface area contributed by atoms with Gasteiger partial charge in [0.2, 0.25) is 0 Å². The predicted octanol–water partition coefficient (Wildman–Crippen LogP) is 8.13. The van der Waals surface area contributed by atoms with Crippen LogP contribution in [0.25, 0.3) is 0 Å². The van der Waals surface area contributed by atoms with Crippen molar-refractivity contribution >= 4 is 99.1 Å². The first-order chi connectivity index (χ1) is 33.2. The summed E-state index contributed by atoms with van der Waals surface area (Å²) in [7, 11) is -12.8. The smallest absolute Gasteiger partial charge is 0.382 e. The lowest BCUT2D eigenvalue weighted by atomic mass is 10.1. The van der Waals surface area contributed by atoms with Crippen molar-refractivity contribution in [1.29, 1.82) is 0 Å². The molecule has 2 aliphatic rings. The fourth-order valence-corrected chi connectivity index (χ4v) is 14.1. The van der Waals surface area contributed by atoms with Gasteiger partial charge in [-0.15, -0.1) is 22.7 Å². The summed E-state index contributed by atoms with van der Waals surface area (Å²) in [5.74, 6) is 0.301. The van der Waals surface area contributed by atoms with Crippen molar-refractivity contribution in [3.05, 3.63) is 152 Å². The van der Waals surface area contributed by atoms with Crippen LogP contribution in [0.5, 0.6) is 0 Å². The van der Waals surface area contributed by atoms with Gasteiger partial charge in [-0.05, 0) is 116 Å². The van der Waals surface area contributed by atoms with Crippen LogP contribution in [-0.2, 0) is 43.0 Å². The van der Waals surface area contributed by atoms with E-state index in [-0.39, 0.29) is 58.1 Å². The summed E-state index contributed by atoms with van der Waals surface area (Å²) in [5, 5.41) is 9.62. The highest BCUT2D eigenvalue weighted by atomic mass is 35.5. The number of hydrogen-bond donors (Lipinski definition) is 3. The zero-order valence-electron chi connectivity index (χ0n) is 36.7. The summed E-state index contributed by atoms with van der Waals surface area (Å²) < 4.78 is 118. The van der Waals surface area contributed by atoms with Crippen LogP contribution in [0.4, 0.5) is 24.7 Å². The van der Waals surface area contributed by atoms with Crippen molar-refractivity contribution in [2.75, 3.05) is 49.5 Å². The number of pyridine rings is 1. The minimum atomic E-state index is -5.48. The van der Waals surface area contributed by atoms with Gasteiger partial charge in [0.05, 0.1) is 18.0 Å². The number of aromatic nitrogens is 1. The Bertz CT molecular complexity index is 3110. The summed E-state index contributed by atoms with van der Waals surface area (Å²) >= 11 is 13.9. The highest BCUT2D eigenvalue weighted by molar-refractivity contribution is 7.92. The molecule has 372 valence electrons. The maximum Gasteiger partial charge on any atom is 0.501 e. The Morgan fingerprint density at radius 1 is 0.629 bits per heavy atom. The number of hydrogen-bond acceptors (Lipinski definition) is 13. The summed E-state index contributed by atoms with van der Waals surface area (Å²) in [6.45, 7) is 2.73. The number of alkyl halides is 3. The number of amides is 2. The van der Waals surface area contributed by atoms with Crippen molar-refractivity contribution < 1.29 is 48.0 Å². The second-order valence-electron chi connectivity index (χ2n) is 15.7. The molecule has 2 amide bonds. The molecule has 8 rings (SSSR count). The second kappa shape index (κ2) is 22.5. The molecule has 5 heterocycles. The molecule has 3 aromatic heterocycles. The molecule has 3 aromatic carbocycles. The molecule has 2 aliphatic heterocycles. The van der Waals surface area contributed by atoms with E-state index in [1.807, 2.05) is 18.2 Å². The number of halogens is 5. The lowest BCUT2D eigenvalue weighted by Crippen LogP contribution is -2.48. The standard InChI is InChI=1S/C24H23ClF3N3O5S3.C21H21ClN4O3S2/c25-17-6-4-16(5-7-17)23(32)29-15-20-8-9-22(37-20)39(35,36)31-12-10-18(11-13-31)30-19-2-1-3-21(14-19)38(33,34)24(26,27)28;22-17-6-4-16(5-7-17)21(27)24-15-18-8-9-20(30-18)31(28,29)26-13-11-25(12-14-26)19-3-1-2-10-23-19/h1-9,14,18,30H,10-13,15H2,(H,29,32);1-10H,11-15H2,(H,24,27). The van der Waals surface area contributed by atoms with Gasteiger partial charge in [-0.25, -0.2) is 30.2 Å². The number of carbonyl (C=O) groups excluding carboxylic acids is 2. The van der Waals surface area contributed by atoms with E-state index in [1.54, 1.807) is 72.9 Å².